The molecule has 0 aromatic heterocycles. The number of rotatable bonds is 5. The lowest BCUT2D eigenvalue weighted by molar-refractivity contribution is 0.397. The second-order valence-corrected chi connectivity index (χ2v) is 10.0. The van der Waals surface area contributed by atoms with Crippen LogP contribution in [0.2, 0.25) is 0 Å². The molecule has 4 aromatic rings. The minimum Gasteiger partial charge on any atom is -0.204 e. The summed E-state index contributed by atoms with van der Waals surface area (Å²) in [4.78, 5) is -1.89. The fraction of sp³-hybridized carbons (Fsp3) is 0. The van der Waals surface area contributed by atoms with Gasteiger partial charge in [-0.15, -0.1) is 0 Å². The molecular weight excluding hydrogens is 503 g/mol. The third kappa shape index (κ3) is 4.30. The van der Waals surface area contributed by atoms with E-state index in [1.807, 2.05) is 0 Å². The highest BCUT2D eigenvalue weighted by Gasteiger charge is 2.33. The largest absolute Gasteiger partial charge is 0.204 e. The second-order valence-electron chi connectivity index (χ2n) is 6.84. The van der Waals surface area contributed by atoms with E-state index in [1.54, 1.807) is 60.7 Å². The number of halogens is 8. The third-order valence-electron chi connectivity index (χ3n) is 4.73. The smallest absolute Gasteiger partial charge is 0.198 e. The average molecular weight is 514 g/mol. The van der Waals surface area contributed by atoms with Crippen LogP contribution in [0.5, 0.6) is 0 Å². The van der Waals surface area contributed by atoms with Gasteiger partial charge >= 0.3 is 0 Å². The van der Waals surface area contributed by atoms with E-state index in [0.717, 1.165) is 0 Å². The molecule has 0 fully saturated rings. The predicted molar refractivity (Wildman–Crippen MR) is 115 cm³/mol. The summed E-state index contributed by atoms with van der Waals surface area (Å²) in [6.07, 6.45) is 0. The van der Waals surface area contributed by atoms with Crippen molar-refractivity contribution in [2.45, 2.75) is 9.79 Å². The van der Waals surface area contributed by atoms with Crippen molar-refractivity contribution in [2.75, 3.05) is 0 Å². The first-order valence-corrected chi connectivity index (χ1v) is 11.6. The Kier molecular flexibility index (Phi) is 6.96. The molecule has 0 heterocycles. The van der Waals surface area contributed by atoms with Crippen molar-refractivity contribution in [3.05, 3.63) is 113 Å². The van der Waals surface area contributed by atoms with Crippen molar-refractivity contribution in [2.24, 2.45) is 0 Å². The van der Waals surface area contributed by atoms with Gasteiger partial charge < -0.3 is 0 Å². The summed E-state index contributed by atoms with van der Waals surface area (Å²) >= 11 is -0.0679. The first kappa shape index (κ1) is 24.2. The summed E-state index contributed by atoms with van der Waals surface area (Å²) in [6, 6.07) is 16.2. The first-order chi connectivity index (χ1) is 16.2. The van der Waals surface area contributed by atoms with Crippen LogP contribution < -0.4 is 15.9 Å². The highest BCUT2D eigenvalue weighted by Crippen LogP contribution is 2.43. The number of hydrogen-bond donors (Lipinski definition) is 0. The summed E-state index contributed by atoms with van der Waals surface area (Å²) in [6.45, 7) is 0. The maximum absolute atomic E-state index is 15.3. The molecule has 10 heteroatoms. The Bertz CT molecular complexity index is 1320. The van der Waals surface area contributed by atoms with Crippen LogP contribution in [0.1, 0.15) is 0 Å². The van der Waals surface area contributed by atoms with Gasteiger partial charge in [0.25, 0.3) is 0 Å². The van der Waals surface area contributed by atoms with E-state index in [2.05, 4.69) is 0 Å². The van der Waals surface area contributed by atoms with Gasteiger partial charge in [-0.3, -0.25) is 0 Å². The summed E-state index contributed by atoms with van der Waals surface area (Å²) < 4.78 is 114. The monoisotopic (exact) mass is 514 g/mol. The van der Waals surface area contributed by atoms with Gasteiger partial charge in [0.2, 0.25) is 0 Å². The van der Waals surface area contributed by atoms with Gasteiger partial charge in [0.05, 0.1) is 9.79 Å². The maximum atomic E-state index is 15.3. The van der Waals surface area contributed by atoms with Crippen molar-refractivity contribution in [1.29, 1.82) is 0 Å². The lowest BCUT2D eigenvalue weighted by Crippen LogP contribution is -2.27. The lowest BCUT2D eigenvalue weighted by atomic mass is 10.3. The van der Waals surface area contributed by atoms with E-state index in [9.17, 15) is 26.3 Å². The second kappa shape index (κ2) is 9.76. The molecule has 4 aromatic carbocycles. The molecule has 174 valence electrons. The normalized spacial score (nSPS) is 11.3. The van der Waals surface area contributed by atoms with Crippen LogP contribution in [0.3, 0.4) is 0 Å². The van der Waals surface area contributed by atoms with Crippen LogP contribution in [0.25, 0.3) is 0 Å². The summed E-state index contributed by atoms with van der Waals surface area (Å²) in [5.74, 6) is -15.8. The molecule has 34 heavy (non-hydrogen) atoms. The molecule has 0 aliphatic rings. The zero-order valence-corrected chi connectivity index (χ0v) is 18.4. The molecule has 0 aliphatic carbocycles. The summed E-state index contributed by atoms with van der Waals surface area (Å²) in [5.41, 5.74) is 0. The van der Waals surface area contributed by atoms with E-state index >= 15 is 8.78 Å². The van der Waals surface area contributed by atoms with Gasteiger partial charge in [-0.05, 0) is 24.6 Å². The highest BCUT2D eigenvalue weighted by molar-refractivity contribution is 8.00. The highest BCUT2D eigenvalue weighted by atomic mass is 32.2. The zero-order valence-electron chi connectivity index (χ0n) is 16.7. The van der Waals surface area contributed by atoms with E-state index < -0.39 is 69.6 Å². The zero-order chi connectivity index (χ0) is 24.6. The van der Waals surface area contributed by atoms with Crippen molar-refractivity contribution in [1.82, 2.24) is 0 Å². The molecule has 0 bridgehead atoms. The third-order valence-corrected chi connectivity index (χ3v) is 8.49. The predicted octanol–water partition coefficient (Wildman–Crippen LogP) is 6.71. The van der Waals surface area contributed by atoms with Crippen molar-refractivity contribution >= 4 is 35.6 Å². The molecular formula is C24H11F8PS. The molecule has 0 spiro atoms. The van der Waals surface area contributed by atoms with Gasteiger partial charge in [0.1, 0.15) is 0 Å². The van der Waals surface area contributed by atoms with Crippen LogP contribution in [0.4, 0.5) is 35.1 Å². The van der Waals surface area contributed by atoms with Crippen LogP contribution in [-0.4, -0.2) is 0 Å². The topological polar surface area (TPSA) is 0 Å². The van der Waals surface area contributed by atoms with Crippen molar-refractivity contribution < 1.29 is 35.1 Å². The average Bonchev–Trinajstić information content (AvgIpc) is 2.86. The van der Waals surface area contributed by atoms with Gasteiger partial charge in [-0.25, -0.2) is 35.1 Å². The van der Waals surface area contributed by atoms with Crippen molar-refractivity contribution in [3.8, 4) is 0 Å². The van der Waals surface area contributed by atoms with E-state index in [4.69, 9.17) is 0 Å². The Morgan fingerprint density at radius 2 is 0.971 bits per heavy atom. The quantitative estimate of drug-likeness (QED) is 0.124. The number of benzene rings is 4. The standard InChI is InChI=1S/C24H11F8PS/c25-14-11-15(17(27)18(28)16(14)26)34-24-22(32)20(30)19(29)21(31)23(24)33(12-7-3-1-4-8-12)13-9-5-2-6-10-13/h1-11H. The molecule has 0 amide bonds. The molecule has 4 rings (SSSR count). The molecule has 0 N–H and O–H groups in total. The fourth-order valence-electron chi connectivity index (χ4n) is 3.19. The maximum Gasteiger partial charge on any atom is 0.198 e. The minimum atomic E-state index is -2.18. The Balaban J connectivity index is 2.03. The van der Waals surface area contributed by atoms with Gasteiger partial charge in [-0.2, -0.15) is 0 Å². The summed E-state index contributed by atoms with van der Waals surface area (Å²) in [5, 5.41) is 0.164. The van der Waals surface area contributed by atoms with Crippen LogP contribution in [0, 0.1) is 46.5 Å². The molecule has 0 radical (unpaired) electrons. The molecule has 0 unspecified atom stereocenters. The van der Waals surface area contributed by atoms with Gasteiger partial charge in [0.15, 0.2) is 46.5 Å². The lowest BCUT2D eigenvalue weighted by Gasteiger charge is -2.23. The first-order valence-electron chi connectivity index (χ1n) is 9.49. The SMILES string of the molecule is Fc1cc(Sc2c(F)c(F)c(F)c(F)c2P(c2ccccc2)c2ccccc2)c(F)c(F)c1F. The molecule has 0 saturated heterocycles. The Hall–Kier alpha value is -2.90. The Labute approximate surface area is 194 Å². The van der Waals surface area contributed by atoms with Crippen molar-refractivity contribution in [3.63, 3.8) is 0 Å². The van der Waals surface area contributed by atoms with Gasteiger partial charge in [0, 0.05) is 5.30 Å². The van der Waals surface area contributed by atoms with E-state index in [0.29, 0.717) is 10.6 Å². The van der Waals surface area contributed by atoms with Crippen LogP contribution in [0.15, 0.2) is 76.5 Å². The van der Waals surface area contributed by atoms with Crippen LogP contribution >= 0.6 is 19.7 Å². The molecule has 0 saturated carbocycles. The molecule has 0 aliphatic heterocycles. The fourth-order valence-corrected chi connectivity index (χ4v) is 6.88. The Morgan fingerprint density at radius 1 is 0.500 bits per heavy atom. The number of hydrogen-bond acceptors (Lipinski definition) is 1. The van der Waals surface area contributed by atoms with Gasteiger partial charge in [-0.1, -0.05) is 72.4 Å². The Morgan fingerprint density at radius 3 is 1.50 bits per heavy atom. The van der Waals surface area contributed by atoms with E-state index in [1.165, 1.54) is 0 Å². The molecule has 0 nitrogen and oxygen atoms in total. The van der Waals surface area contributed by atoms with Crippen LogP contribution in [-0.2, 0) is 0 Å². The van der Waals surface area contributed by atoms with E-state index in [-0.39, 0.29) is 17.8 Å². The molecule has 0 atom stereocenters. The minimum absolute atomic E-state index is 0.0679. The summed E-state index contributed by atoms with van der Waals surface area (Å²) in [7, 11) is -2.09.